The van der Waals surface area contributed by atoms with Gasteiger partial charge in [0, 0.05) is 6.54 Å². The van der Waals surface area contributed by atoms with Crippen molar-refractivity contribution < 1.29 is 24.6 Å². The van der Waals surface area contributed by atoms with Gasteiger partial charge in [-0.1, -0.05) is 12.1 Å². The van der Waals surface area contributed by atoms with Gasteiger partial charge in [0.2, 0.25) is 5.91 Å². The molecule has 3 amide bonds. The van der Waals surface area contributed by atoms with E-state index in [-0.39, 0.29) is 24.6 Å². The van der Waals surface area contributed by atoms with E-state index in [1.165, 1.54) is 12.1 Å². The fourth-order valence-electron chi connectivity index (χ4n) is 2.91. The van der Waals surface area contributed by atoms with Crippen LogP contribution < -0.4 is 5.32 Å². The normalized spacial score (nSPS) is 13.0. The summed E-state index contributed by atoms with van der Waals surface area (Å²) in [4.78, 5) is 37.5. The van der Waals surface area contributed by atoms with Crippen molar-refractivity contribution in [2.45, 2.75) is 13.3 Å². The first kappa shape index (κ1) is 17.5. The van der Waals surface area contributed by atoms with Crippen molar-refractivity contribution in [2.75, 3.05) is 13.1 Å². The highest BCUT2D eigenvalue weighted by molar-refractivity contribution is 6.22. The molecule has 0 spiro atoms. The molecule has 0 saturated heterocycles. The van der Waals surface area contributed by atoms with Crippen molar-refractivity contribution in [3.8, 4) is 11.5 Å². The zero-order valence-corrected chi connectivity index (χ0v) is 14.2. The molecule has 0 aliphatic carbocycles. The summed E-state index contributed by atoms with van der Waals surface area (Å²) in [6.45, 7) is 1.72. The molecule has 3 N–H and O–H groups in total. The van der Waals surface area contributed by atoms with E-state index >= 15 is 0 Å². The van der Waals surface area contributed by atoms with Crippen molar-refractivity contribution in [1.29, 1.82) is 0 Å². The second kappa shape index (κ2) is 6.87. The number of aromatic hydroxyl groups is 2. The number of nitrogens with zero attached hydrogens (tertiary/aromatic N) is 1. The van der Waals surface area contributed by atoms with Crippen LogP contribution in [0.2, 0.25) is 0 Å². The zero-order chi connectivity index (χ0) is 18.8. The highest BCUT2D eigenvalue weighted by Crippen LogP contribution is 2.28. The first-order valence-electron chi connectivity index (χ1n) is 8.12. The van der Waals surface area contributed by atoms with E-state index in [1.807, 2.05) is 0 Å². The fraction of sp³-hybridized carbons (Fsp3) is 0.211. The standard InChI is InChI=1S/C19H18N2O5/c1-11-8-15(22)16(23)9-12(11)6-7-20-17(24)10-21-18(25)13-4-2-3-5-14(13)19(21)26/h2-5,8-9,22-23H,6-7,10H2,1H3,(H,20,24). The van der Waals surface area contributed by atoms with Crippen molar-refractivity contribution in [2.24, 2.45) is 0 Å². The van der Waals surface area contributed by atoms with Crippen molar-refractivity contribution in [3.63, 3.8) is 0 Å². The van der Waals surface area contributed by atoms with E-state index in [4.69, 9.17) is 0 Å². The number of hydrogen-bond donors (Lipinski definition) is 3. The molecular formula is C19H18N2O5. The van der Waals surface area contributed by atoms with Gasteiger partial charge in [-0.15, -0.1) is 0 Å². The molecule has 1 aliphatic rings. The molecule has 1 heterocycles. The van der Waals surface area contributed by atoms with Gasteiger partial charge in [-0.25, -0.2) is 0 Å². The molecule has 0 saturated carbocycles. The summed E-state index contributed by atoms with van der Waals surface area (Å²) >= 11 is 0. The van der Waals surface area contributed by atoms with Gasteiger partial charge in [0.1, 0.15) is 6.54 Å². The summed E-state index contributed by atoms with van der Waals surface area (Å²) in [5, 5.41) is 21.6. The summed E-state index contributed by atoms with van der Waals surface area (Å²) in [5.41, 5.74) is 2.18. The van der Waals surface area contributed by atoms with Crippen molar-refractivity contribution >= 4 is 17.7 Å². The first-order valence-corrected chi connectivity index (χ1v) is 8.12. The number of nitrogens with one attached hydrogen (secondary N) is 1. The van der Waals surface area contributed by atoms with Gasteiger partial charge in [-0.2, -0.15) is 0 Å². The molecular weight excluding hydrogens is 336 g/mol. The second-order valence-electron chi connectivity index (χ2n) is 6.11. The molecule has 0 bridgehead atoms. The summed E-state index contributed by atoms with van der Waals surface area (Å²) < 4.78 is 0. The van der Waals surface area contributed by atoms with E-state index in [0.29, 0.717) is 17.5 Å². The van der Waals surface area contributed by atoms with E-state index in [2.05, 4.69) is 5.32 Å². The minimum atomic E-state index is -0.472. The SMILES string of the molecule is Cc1cc(O)c(O)cc1CCNC(=O)CN1C(=O)c2ccccc2C1=O. The average molecular weight is 354 g/mol. The highest BCUT2D eigenvalue weighted by atomic mass is 16.3. The molecule has 0 radical (unpaired) electrons. The second-order valence-corrected chi connectivity index (χ2v) is 6.11. The smallest absolute Gasteiger partial charge is 0.262 e. The van der Waals surface area contributed by atoms with Crippen molar-refractivity contribution in [1.82, 2.24) is 10.2 Å². The van der Waals surface area contributed by atoms with Gasteiger partial charge >= 0.3 is 0 Å². The maximum absolute atomic E-state index is 12.2. The van der Waals surface area contributed by atoms with Crippen LogP contribution >= 0.6 is 0 Å². The van der Waals surface area contributed by atoms with Crippen molar-refractivity contribution in [3.05, 3.63) is 58.7 Å². The molecule has 26 heavy (non-hydrogen) atoms. The quantitative estimate of drug-likeness (QED) is 0.555. The first-order chi connectivity index (χ1) is 12.4. The number of fused-ring (bicyclic) bond motifs is 1. The van der Waals surface area contributed by atoms with Crippen LogP contribution in [0, 0.1) is 6.92 Å². The van der Waals surface area contributed by atoms with Crippen LogP contribution in [0.4, 0.5) is 0 Å². The Morgan fingerprint density at radius 3 is 2.23 bits per heavy atom. The Kier molecular flexibility index (Phi) is 4.62. The van der Waals surface area contributed by atoms with E-state index in [0.717, 1.165) is 16.0 Å². The molecule has 0 fully saturated rings. The maximum atomic E-state index is 12.2. The van der Waals surface area contributed by atoms with Crippen LogP contribution in [0.1, 0.15) is 31.8 Å². The third-order valence-corrected chi connectivity index (χ3v) is 4.33. The fourth-order valence-corrected chi connectivity index (χ4v) is 2.91. The van der Waals surface area contributed by atoms with Gasteiger partial charge in [0.05, 0.1) is 11.1 Å². The maximum Gasteiger partial charge on any atom is 0.262 e. The largest absolute Gasteiger partial charge is 0.504 e. The van der Waals surface area contributed by atoms with Gasteiger partial charge in [-0.05, 0) is 48.7 Å². The molecule has 7 nitrogen and oxygen atoms in total. The van der Waals surface area contributed by atoms with Gasteiger partial charge < -0.3 is 15.5 Å². The number of imide groups is 1. The van der Waals surface area contributed by atoms with Crippen LogP contribution in [0.25, 0.3) is 0 Å². The average Bonchev–Trinajstić information content (AvgIpc) is 2.85. The van der Waals surface area contributed by atoms with E-state index in [9.17, 15) is 24.6 Å². The number of carbonyl (C=O) groups excluding carboxylic acids is 3. The van der Waals surface area contributed by atoms with E-state index < -0.39 is 17.7 Å². The number of aryl methyl sites for hydroxylation is 1. The summed E-state index contributed by atoms with van der Waals surface area (Å²) in [7, 11) is 0. The Labute approximate surface area is 149 Å². The van der Waals surface area contributed by atoms with Crippen LogP contribution in [0.3, 0.4) is 0 Å². The molecule has 2 aromatic rings. The monoisotopic (exact) mass is 354 g/mol. The zero-order valence-electron chi connectivity index (χ0n) is 14.2. The van der Waals surface area contributed by atoms with Crippen LogP contribution in [0.5, 0.6) is 11.5 Å². The predicted octanol–water partition coefficient (Wildman–Crippen LogP) is 1.36. The number of benzene rings is 2. The lowest BCUT2D eigenvalue weighted by Crippen LogP contribution is -2.40. The summed E-state index contributed by atoms with van der Waals surface area (Å²) in [5.74, 6) is -1.80. The molecule has 0 aromatic heterocycles. The van der Waals surface area contributed by atoms with Gasteiger partial charge in [-0.3, -0.25) is 19.3 Å². The molecule has 3 rings (SSSR count). The summed E-state index contributed by atoms with van der Waals surface area (Å²) in [6, 6.07) is 9.36. The number of hydrogen-bond acceptors (Lipinski definition) is 5. The third-order valence-electron chi connectivity index (χ3n) is 4.33. The van der Waals surface area contributed by atoms with E-state index in [1.54, 1.807) is 31.2 Å². The highest BCUT2D eigenvalue weighted by Gasteiger charge is 2.36. The number of carbonyl (C=O) groups is 3. The lowest BCUT2D eigenvalue weighted by atomic mass is 10.0. The molecule has 7 heteroatoms. The molecule has 2 aromatic carbocycles. The predicted molar refractivity (Wildman–Crippen MR) is 93.0 cm³/mol. The molecule has 134 valence electrons. The molecule has 1 aliphatic heterocycles. The number of amides is 3. The number of phenols is 2. The lowest BCUT2D eigenvalue weighted by molar-refractivity contribution is -0.121. The van der Waals surface area contributed by atoms with Crippen LogP contribution in [-0.2, 0) is 11.2 Å². The van der Waals surface area contributed by atoms with Crippen LogP contribution in [-0.4, -0.2) is 45.9 Å². The van der Waals surface area contributed by atoms with Gasteiger partial charge in [0.25, 0.3) is 11.8 Å². The molecule has 0 atom stereocenters. The number of phenolic OH excluding ortho intramolecular Hbond substituents is 2. The Balaban J connectivity index is 1.57. The van der Waals surface area contributed by atoms with Crippen LogP contribution in [0.15, 0.2) is 36.4 Å². The Bertz CT molecular complexity index is 872. The summed E-state index contributed by atoms with van der Waals surface area (Å²) in [6.07, 6.45) is 0.438. The Hall–Kier alpha value is -3.35. The van der Waals surface area contributed by atoms with Gasteiger partial charge in [0.15, 0.2) is 11.5 Å². The Morgan fingerprint density at radius 1 is 1.04 bits per heavy atom. The topological polar surface area (TPSA) is 107 Å². The Morgan fingerprint density at radius 2 is 1.62 bits per heavy atom. The third kappa shape index (κ3) is 3.23. The minimum Gasteiger partial charge on any atom is -0.504 e. The lowest BCUT2D eigenvalue weighted by Gasteiger charge is -2.14. The minimum absolute atomic E-state index is 0.194. The number of rotatable bonds is 5. The molecule has 0 unspecified atom stereocenters.